The van der Waals surface area contributed by atoms with Crippen LogP contribution in [0.1, 0.15) is 22.6 Å². The van der Waals surface area contributed by atoms with Crippen molar-refractivity contribution in [1.82, 2.24) is 0 Å². The summed E-state index contributed by atoms with van der Waals surface area (Å²) in [4.78, 5) is 0. The molecule has 0 spiro atoms. The number of fused-ring (bicyclic) bond motifs is 9. The van der Waals surface area contributed by atoms with Crippen molar-refractivity contribution in [3.8, 4) is 44.5 Å². The molecule has 61 heavy (non-hydrogen) atoms. The van der Waals surface area contributed by atoms with E-state index in [1.807, 2.05) is 0 Å². The van der Waals surface area contributed by atoms with Crippen molar-refractivity contribution in [3.63, 3.8) is 0 Å². The summed E-state index contributed by atoms with van der Waals surface area (Å²) >= 11 is 0. The summed E-state index contributed by atoms with van der Waals surface area (Å²) in [5.41, 5.74) is 14.3. The maximum Gasteiger partial charge on any atom is 0.0364 e. The molecule has 0 amide bonds. The molecule has 0 radical (unpaired) electrons. The summed E-state index contributed by atoms with van der Waals surface area (Å²) < 4.78 is 0. The quantitative estimate of drug-likeness (QED) is 0.156. The van der Waals surface area contributed by atoms with Gasteiger partial charge in [0, 0.05) is 5.92 Å². The molecular formula is C61H38. The normalized spacial score (nSPS) is 13.4. The molecule has 12 aromatic rings. The molecule has 1 atom stereocenters. The first kappa shape index (κ1) is 34.1. The Labute approximate surface area is 354 Å². The van der Waals surface area contributed by atoms with Crippen molar-refractivity contribution >= 4 is 64.6 Å². The first-order valence-corrected chi connectivity index (χ1v) is 21.4. The zero-order chi connectivity index (χ0) is 40.0. The molecule has 0 saturated heterocycles. The van der Waals surface area contributed by atoms with E-state index < -0.39 is 0 Å². The van der Waals surface area contributed by atoms with Crippen LogP contribution in [0.4, 0.5) is 0 Å². The fourth-order valence-electron chi connectivity index (χ4n) is 10.9. The van der Waals surface area contributed by atoms with Gasteiger partial charge in [-0.2, -0.15) is 0 Å². The van der Waals surface area contributed by atoms with E-state index in [0.717, 1.165) is 0 Å². The van der Waals surface area contributed by atoms with E-state index in [0.29, 0.717) is 0 Å². The second-order valence-electron chi connectivity index (χ2n) is 16.7. The van der Waals surface area contributed by atoms with Crippen LogP contribution in [0.3, 0.4) is 0 Å². The molecule has 0 heteroatoms. The minimum Gasteiger partial charge on any atom is -0.0619 e. The molecule has 0 aromatic heterocycles. The topological polar surface area (TPSA) is 0 Å². The van der Waals surface area contributed by atoms with Gasteiger partial charge in [-0.25, -0.2) is 0 Å². The highest BCUT2D eigenvalue weighted by Crippen LogP contribution is 2.54. The zero-order valence-electron chi connectivity index (χ0n) is 33.4. The molecule has 0 heterocycles. The smallest absolute Gasteiger partial charge is 0.0364 e. The average molecular weight is 771 g/mol. The number of hydrogen-bond acceptors (Lipinski definition) is 0. The molecule has 0 fully saturated rings. The lowest BCUT2D eigenvalue weighted by Crippen LogP contribution is -2.03. The highest BCUT2D eigenvalue weighted by Gasteiger charge is 2.33. The molecule has 0 N–H and O–H groups in total. The van der Waals surface area contributed by atoms with Crippen LogP contribution < -0.4 is 0 Å². The summed E-state index contributed by atoms with van der Waals surface area (Å²) in [7, 11) is 0. The molecule has 13 rings (SSSR count). The standard InChI is InChI=1S/C61H38/c1-3-17-40-35-42(31-29-38(40)15-1)57-48-21-7-9-23-50(48)59(51-24-10-8-22-49(51)57)44-33-34-46-45-19-5-6-20-47(45)61(56(46)37-44)60-54-27-13-11-25-52(54)58(53-26-12-14-28-55(53)60)43-32-30-39-16-2-4-18-41(39)36-43/h1-37,61H. The van der Waals surface area contributed by atoms with Gasteiger partial charge in [-0.15, -0.1) is 0 Å². The third kappa shape index (κ3) is 5.13. The molecular weight excluding hydrogens is 733 g/mol. The summed E-state index contributed by atoms with van der Waals surface area (Å²) in [5, 5.41) is 15.3. The van der Waals surface area contributed by atoms with Crippen LogP contribution >= 0.6 is 0 Å². The predicted octanol–water partition coefficient (Wildman–Crippen LogP) is 16.8. The van der Waals surface area contributed by atoms with Crippen molar-refractivity contribution in [3.05, 3.63) is 241 Å². The van der Waals surface area contributed by atoms with E-state index in [-0.39, 0.29) is 5.92 Å². The Bertz CT molecular complexity index is 3660. The van der Waals surface area contributed by atoms with Crippen molar-refractivity contribution in [1.29, 1.82) is 0 Å². The Morgan fingerprint density at radius 3 is 1.07 bits per heavy atom. The van der Waals surface area contributed by atoms with Gasteiger partial charge in [0.05, 0.1) is 0 Å². The fraction of sp³-hybridized carbons (Fsp3) is 0.0164. The summed E-state index contributed by atoms with van der Waals surface area (Å²) in [6, 6.07) is 84.0. The second-order valence-corrected chi connectivity index (χ2v) is 16.7. The molecule has 1 aliphatic carbocycles. The van der Waals surface area contributed by atoms with Crippen molar-refractivity contribution in [2.24, 2.45) is 0 Å². The van der Waals surface area contributed by atoms with Crippen LogP contribution in [0.2, 0.25) is 0 Å². The molecule has 0 bridgehead atoms. The van der Waals surface area contributed by atoms with Crippen LogP contribution in [0, 0.1) is 0 Å². The average Bonchev–Trinajstić information content (AvgIpc) is 3.65. The van der Waals surface area contributed by atoms with Gasteiger partial charge in [0.25, 0.3) is 0 Å². The highest BCUT2D eigenvalue weighted by molar-refractivity contribution is 6.22. The van der Waals surface area contributed by atoms with E-state index in [4.69, 9.17) is 0 Å². The van der Waals surface area contributed by atoms with Gasteiger partial charge in [-0.05, 0) is 144 Å². The SMILES string of the molecule is c1ccc2c(c1)-c1ccc(-c3c4ccccc4c(-c4ccc5ccccc5c4)c4ccccc34)cc1C2c1c2ccccc2c(-c2ccc3ccccc3c2)c2ccccc12. The van der Waals surface area contributed by atoms with Crippen LogP contribution in [-0.2, 0) is 0 Å². The number of rotatable bonds is 4. The van der Waals surface area contributed by atoms with Gasteiger partial charge in [0.1, 0.15) is 0 Å². The molecule has 0 aliphatic heterocycles. The van der Waals surface area contributed by atoms with Crippen LogP contribution in [-0.4, -0.2) is 0 Å². The second kappa shape index (κ2) is 13.4. The lowest BCUT2D eigenvalue weighted by molar-refractivity contribution is 1.04. The molecule has 282 valence electrons. The monoisotopic (exact) mass is 770 g/mol. The largest absolute Gasteiger partial charge is 0.0619 e. The molecule has 0 saturated carbocycles. The molecule has 1 aliphatic rings. The minimum atomic E-state index is 0.0426. The van der Waals surface area contributed by atoms with E-state index >= 15 is 0 Å². The van der Waals surface area contributed by atoms with Gasteiger partial charge in [-0.1, -0.05) is 206 Å². The Balaban J connectivity index is 1.08. The summed E-state index contributed by atoms with van der Waals surface area (Å²) in [6.45, 7) is 0. The minimum absolute atomic E-state index is 0.0426. The van der Waals surface area contributed by atoms with Gasteiger partial charge in [0.2, 0.25) is 0 Å². The van der Waals surface area contributed by atoms with Crippen LogP contribution in [0.15, 0.2) is 224 Å². The Hall–Kier alpha value is -7.80. The Morgan fingerprint density at radius 1 is 0.230 bits per heavy atom. The molecule has 0 nitrogen and oxygen atoms in total. The van der Waals surface area contributed by atoms with E-state index in [1.54, 1.807) is 0 Å². The first-order valence-electron chi connectivity index (χ1n) is 21.4. The maximum absolute atomic E-state index is 2.53. The zero-order valence-corrected chi connectivity index (χ0v) is 33.4. The fourth-order valence-corrected chi connectivity index (χ4v) is 10.9. The molecule has 1 unspecified atom stereocenters. The third-order valence-electron chi connectivity index (χ3n) is 13.5. The number of benzene rings is 12. The first-order chi connectivity index (χ1) is 30.3. The van der Waals surface area contributed by atoms with Crippen LogP contribution in [0.5, 0.6) is 0 Å². The van der Waals surface area contributed by atoms with Crippen molar-refractivity contribution in [2.75, 3.05) is 0 Å². The van der Waals surface area contributed by atoms with Gasteiger partial charge >= 0.3 is 0 Å². The van der Waals surface area contributed by atoms with E-state index in [1.165, 1.54) is 126 Å². The van der Waals surface area contributed by atoms with Gasteiger partial charge < -0.3 is 0 Å². The summed E-state index contributed by atoms with van der Waals surface area (Å²) in [6.07, 6.45) is 0. The predicted molar refractivity (Wildman–Crippen MR) is 261 cm³/mol. The van der Waals surface area contributed by atoms with Crippen molar-refractivity contribution in [2.45, 2.75) is 5.92 Å². The highest BCUT2D eigenvalue weighted by atomic mass is 14.4. The van der Waals surface area contributed by atoms with Crippen molar-refractivity contribution < 1.29 is 0 Å². The lowest BCUT2D eigenvalue weighted by Gasteiger charge is -2.23. The van der Waals surface area contributed by atoms with Crippen LogP contribution in [0.25, 0.3) is 109 Å². The molecule has 12 aromatic carbocycles. The van der Waals surface area contributed by atoms with E-state index in [2.05, 4.69) is 224 Å². The maximum atomic E-state index is 2.53. The Morgan fingerprint density at radius 2 is 0.574 bits per heavy atom. The summed E-state index contributed by atoms with van der Waals surface area (Å²) in [5.74, 6) is 0.0426. The third-order valence-corrected chi connectivity index (χ3v) is 13.5. The van der Waals surface area contributed by atoms with E-state index in [9.17, 15) is 0 Å². The number of hydrogen-bond donors (Lipinski definition) is 0. The van der Waals surface area contributed by atoms with Gasteiger partial charge in [-0.3, -0.25) is 0 Å². The van der Waals surface area contributed by atoms with Gasteiger partial charge in [0.15, 0.2) is 0 Å². The Kier molecular flexibility index (Phi) is 7.47. The lowest BCUT2D eigenvalue weighted by atomic mass is 9.79.